The molecule has 0 aliphatic carbocycles. The number of aromatic nitrogens is 3. The number of carbonyl (C=O) groups excluding carboxylic acids is 2. The summed E-state index contributed by atoms with van der Waals surface area (Å²) in [5, 5.41) is 10.9. The van der Waals surface area contributed by atoms with Gasteiger partial charge in [0, 0.05) is 31.5 Å². The van der Waals surface area contributed by atoms with E-state index in [1.54, 1.807) is 4.68 Å². The molecule has 0 aliphatic rings. The smallest absolute Gasteiger partial charge is 0.220 e. The molecule has 0 aromatic carbocycles. The summed E-state index contributed by atoms with van der Waals surface area (Å²) < 4.78 is 34.5. The summed E-state index contributed by atoms with van der Waals surface area (Å²) >= 11 is 0. The highest BCUT2D eigenvalue weighted by molar-refractivity contribution is 5.85. The zero-order valence-electron chi connectivity index (χ0n) is 23.7. The van der Waals surface area contributed by atoms with Crippen molar-refractivity contribution in [3.8, 4) is 0 Å². The minimum absolute atomic E-state index is 0.0337. The molecule has 0 saturated heterocycles. The number of hydrogen-bond donors (Lipinski definition) is 1. The molecule has 0 radical (unpaired) electrons. The van der Waals surface area contributed by atoms with E-state index in [1.807, 2.05) is 20.0 Å². The fraction of sp³-hybridized carbons (Fsp3) is 0.846. The number of carbonyl (C=O) groups is 2. The second-order valence-corrected chi connectivity index (χ2v) is 9.21. The predicted molar refractivity (Wildman–Crippen MR) is 141 cm³/mol. The molecular formula is C26H48N4O8. The maximum atomic E-state index is 11.6. The standard InChI is InChI=1S/C26H48N4O8/c1-22(2)24-21-30(29-28-24)8-10-34-12-14-36-16-18-38-20-19-37-17-15-35-13-11-33-9-7-27-26(32)6-5-25(31)23(3)4/h21-23H,5-20H2,1-4H3,(H,27,32). The normalized spacial score (nSPS) is 11.5. The van der Waals surface area contributed by atoms with Gasteiger partial charge in [0.25, 0.3) is 0 Å². The van der Waals surface area contributed by atoms with E-state index >= 15 is 0 Å². The van der Waals surface area contributed by atoms with Crippen LogP contribution in [0.3, 0.4) is 0 Å². The van der Waals surface area contributed by atoms with E-state index in [4.69, 9.17) is 28.4 Å². The Kier molecular flexibility index (Phi) is 20.6. The summed E-state index contributed by atoms with van der Waals surface area (Å²) in [4.78, 5) is 23.1. The maximum Gasteiger partial charge on any atom is 0.220 e. The number of Topliss-reactive ketones (excluding diaryl/α,β-unsaturated/α-hetero) is 1. The molecular weight excluding hydrogens is 496 g/mol. The van der Waals surface area contributed by atoms with E-state index in [2.05, 4.69) is 29.5 Å². The van der Waals surface area contributed by atoms with Crippen LogP contribution in [0.15, 0.2) is 6.20 Å². The highest BCUT2D eigenvalue weighted by Crippen LogP contribution is 2.08. The zero-order chi connectivity index (χ0) is 27.8. The third-order valence-electron chi connectivity index (χ3n) is 5.28. The Balaban J connectivity index is 1.72. The third kappa shape index (κ3) is 19.2. The molecule has 1 amide bonds. The van der Waals surface area contributed by atoms with Gasteiger partial charge in [0.1, 0.15) is 5.78 Å². The first-order valence-electron chi connectivity index (χ1n) is 13.6. The van der Waals surface area contributed by atoms with Crippen LogP contribution in [0.25, 0.3) is 0 Å². The third-order valence-corrected chi connectivity index (χ3v) is 5.28. The van der Waals surface area contributed by atoms with Gasteiger partial charge in [-0.1, -0.05) is 32.9 Å². The van der Waals surface area contributed by atoms with Gasteiger partial charge in [0.05, 0.1) is 91.5 Å². The number of nitrogens with one attached hydrogen (secondary N) is 1. The van der Waals surface area contributed by atoms with Crippen LogP contribution in [0.5, 0.6) is 0 Å². The minimum atomic E-state index is -0.131. The van der Waals surface area contributed by atoms with E-state index in [0.29, 0.717) is 98.3 Å². The van der Waals surface area contributed by atoms with Crippen LogP contribution in [0, 0.1) is 5.92 Å². The summed E-state index contributed by atoms with van der Waals surface area (Å²) in [6.07, 6.45) is 2.45. The van der Waals surface area contributed by atoms with Crippen molar-refractivity contribution in [3.63, 3.8) is 0 Å². The molecule has 1 aromatic heterocycles. The summed E-state index contributed by atoms with van der Waals surface area (Å²) in [5.74, 6) is 0.309. The van der Waals surface area contributed by atoms with Gasteiger partial charge in [0.2, 0.25) is 5.91 Å². The molecule has 1 N–H and O–H groups in total. The van der Waals surface area contributed by atoms with E-state index in [-0.39, 0.29) is 30.4 Å². The van der Waals surface area contributed by atoms with E-state index in [9.17, 15) is 9.59 Å². The van der Waals surface area contributed by atoms with Crippen molar-refractivity contribution in [2.75, 3.05) is 85.8 Å². The van der Waals surface area contributed by atoms with Gasteiger partial charge >= 0.3 is 0 Å². The quantitative estimate of drug-likeness (QED) is 0.172. The van der Waals surface area contributed by atoms with Crippen LogP contribution in [0.4, 0.5) is 0 Å². The van der Waals surface area contributed by atoms with Crippen molar-refractivity contribution >= 4 is 11.7 Å². The fourth-order valence-electron chi connectivity index (χ4n) is 2.92. The first-order chi connectivity index (χ1) is 18.4. The SMILES string of the molecule is CC(C)C(=O)CCC(=O)NCCOCCOCCOCCOCCOCCOCCn1cc(C(C)C)nn1. The Morgan fingerprint density at radius 3 is 1.66 bits per heavy atom. The van der Waals surface area contributed by atoms with Crippen LogP contribution in [0.1, 0.15) is 52.1 Å². The van der Waals surface area contributed by atoms with Gasteiger partial charge in [-0.15, -0.1) is 5.10 Å². The molecule has 0 unspecified atom stereocenters. The van der Waals surface area contributed by atoms with E-state index in [0.717, 1.165) is 5.69 Å². The van der Waals surface area contributed by atoms with Crippen LogP contribution < -0.4 is 5.32 Å². The monoisotopic (exact) mass is 544 g/mol. The first kappa shape index (κ1) is 34.1. The summed E-state index contributed by atoms with van der Waals surface area (Å²) in [7, 11) is 0. The van der Waals surface area contributed by atoms with Crippen molar-refractivity contribution < 1.29 is 38.0 Å². The molecule has 0 saturated carbocycles. The number of hydrogen-bond acceptors (Lipinski definition) is 10. The number of rotatable bonds is 26. The van der Waals surface area contributed by atoms with Crippen molar-refractivity contribution in [1.29, 1.82) is 0 Å². The highest BCUT2D eigenvalue weighted by Gasteiger charge is 2.09. The molecule has 1 rings (SSSR count). The van der Waals surface area contributed by atoms with Crippen LogP contribution in [-0.4, -0.2) is 113 Å². The Bertz CT molecular complexity index is 730. The molecule has 1 heterocycles. The second-order valence-electron chi connectivity index (χ2n) is 9.21. The fourth-order valence-corrected chi connectivity index (χ4v) is 2.92. The lowest BCUT2D eigenvalue weighted by Gasteiger charge is -2.09. The molecule has 12 heteroatoms. The second kappa shape index (κ2) is 23.0. The molecule has 220 valence electrons. The van der Waals surface area contributed by atoms with Gasteiger partial charge in [-0.3, -0.25) is 9.59 Å². The molecule has 0 atom stereocenters. The largest absolute Gasteiger partial charge is 0.377 e. The van der Waals surface area contributed by atoms with Crippen LogP contribution in [-0.2, 0) is 44.6 Å². The van der Waals surface area contributed by atoms with Crippen molar-refractivity contribution in [1.82, 2.24) is 20.3 Å². The van der Waals surface area contributed by atoms with Crippen molar-refractivity contribution in [2.45, 2.75) is 53.0 Å². The van der Waals surface area contributed by atoms with E-state index in [1.165, 1.54) is 0 Å². The Hall–Kier alpha value is -1.96. The minimum Gasteiger partial charge on any atom is -0.377 e. The van der Waals surface area contributed by atoms with Gasteiger partial charge in [-0.25, -0.2) is 4.68 Å². The molecule has 0 spiro atoms. The topological polar surface area (TPSA) is 132 Å². The zero-order valence-corrected chi connectivity index (χ0v) is 23.7. The van der Waals surface area contributed by atoms with Crippen molar-refractivity contribution in [3.05, 3.63) is 11.9 Å². The maximum absolute atomic E-state index is 11.6. The van der Waals surface area contributed by atoms with Crippen LogP contribution in [0.2, 0.25) is 0 Å². The first-order valence-corrected chi connectivity index (χ1v) is 13.6. The Labute approximate surface area is 227 Å². The lowest BCUT2D eigenvalue weighted by Crippen LogP contribution is -2.28. The van der Waals surface area contributed by atoms with Crippen LogP contribution >= 0.6 is 0 Å². The van der Waals surface area contributed by atoms with Crippen molar-refractivity contribution in [2.24, 2.45) is 5.92 Å². The molecule has 1 aromatic rings. The molecule has 0 aliphatic heterocycles. The summed E-state index contributed by atoms with van der Waals surface area (Å²) in [6, 6.07) is 0. The number of nitrogens with zero attached hydrogens (tertiary/aromatic N) is 3. The van der Waals surface area contributed by atoms with Gasteiger partial charge in [-0.05, 0) is 5.92 Å². The van der Waals surface area contributed by atoms with Gasteiger partial charge < -0.3 is 33.7 Å². The average molecular weight is 545 g/mol. The van der Waals surface area contributed by atoms with Gasteiger partial charge in [0.15, 0.2) is 0 Å². The molecule has 12 nitrogen and oxygen atoms in total. The Morgan fingerprint density at radius 2 is 1.21 bits per heavy atom. The van der Waals surface area contributed by atoms with E-state index < -0.39 is 0 Å². The van der Waals surface area contributed by atoms with Gasteiger partial charge in [-0.2, -0.15) is 0 Å². The number of amides is 1. The lowest BCUT2D eigenvalue weighted by molar-refractivity contribution is -0.126. The summed E-state index contributed by atoms with van der Waals surface area (Å²) in [6.45, 7) is 14.8. The summed E-state index contributed by atoms with van der Waals surface area (Å²) in [5.41, 5.74) is 0.985. The molecule has 0 fully saturated rings. The molecule has 0 bridgehead atoms. The highest BCUT2D eigenvalue weighted by atomic mass is 16.6. The predicted octanol–water partition coefficient (Wildman–Crippen LogP) is 1.62. The number of ether oxygens (including phenoxy) is 6. The lowest BCUT2D eigenvalue weighted by atomic mass is 10.0. The number of ketones is 1. The Morgan fingerprint density at radius 1 is 0.737 bits per heavy atom. The average Bonchev–Trinajstić information content (AvgIpc) is 3.37. The molecule has 38 heavy (non-hydrogen) atoms.